The van der Waals surface area contributed by atoms with Crippen molar-refractivity contribution in [3.05, 3.63) is 28.8 Å². The lowest BCUT2D eigenvalue weighted by Crippen LogP contribution is -2.43. The van der Waals surface area contributed by atoms with Crippen molar-refractivity contribution in [3.63, 3.8) is 0 Å². The number of hydrogen-bond acceptors (Lipinski definition) is 2. The summed E-state index contributed by atoms with van der Waals surface area (Å²) in [6.45, 7) is 2.59. The Bertz CT molecular complexity index is 575. The fraction of sp³-hybridized carbons (Fsp3) is 0.571. The summed E-state index contributed by atoms with van der Waals surface area (Å²) in [6.07, 6.45) is 3.73. The van der Waals surface area contributed by atoms with Gasteiger partial charge in [-0.25, -0.2) is 8.42 Å². The minimum absolute atomic E-state index is 0.0736. The van der Waals surface area contributed by atoms with Crippen LogP contribution >= 0.6 is 23.2 Å². The number of hydrogen-bond donors (Lipinski definition) is 0. The van der Waals surface area contributed by atoms with Crippen LogP contribution in [0.15, 0.2) is 23.1 Å². The zero-order valence-corrected chi connectivity index (χ0v) is 13.8. The Kier molecular flexibility index (Phi) is 5.35. The fourth-order valence-corrected chi connectivity index (χ4v) is 5.11. The predicted molar refractivity (Wildman–Crippen MR) is 82.8 cm³/mol. The number of piperidine rings is 1. The largest absolute Gasteiger partial charge is 0.244 e. The number of alkyl halides is 1. The van der Waals surface area contributed by atoms with Crippen LogP contribution < -0.4 is 0 Å². The lowest BCUT2D eigenvalue weighted by atomic mass is 10.0. The van der Waals surface area contributed by atoms with E-state index < -0.39 is 10.0 Å². The third-order valence-electron chi connectivity index (χ3n) is 3.78. The van der Waals surface area contributed by atoms with Gasteiger partial charge in [0.15, 0.2) is 0 Å². The van der Waals surface area contributed by atoms with Gasteiger partial charge >= 0.3 is 0 Å². The molecule has 2 rings (SSSR count). The van der Waals surface area contributed by atoms with Crippen molar-refractivity contribution in [1.29, 1.82) is 0 Å². The lowest BCUT2D eigenvalue weighted by Gasteiger charge is -2.34. The standard InChI is InChI=1S/C14H19Cl2NO2S/c1-2-12-5-3-4-8-17(12)20(18,19)14-9-11(10-15)6-7-13(14)16/h6-7,9,12H,2-5,8,10H2,1H3. The summed E-state index contributed by atoms with van der Waals surface area (Å²) < 4.78 is 27.3. The molecular weight excluding hydrogens is 317 g/mol. The first-order valence-corrected chi connectivity index (χ1v) is 9.22. The highest BCUT2D eigenvalue weighted by atomic mass is 35.5. The average Bonchev–Trinajstić information content (AvgIpc) is 2.47. The zero-order chi connectivity index (χ0) is 14.8. The fourth-order valence-electron chi connectivity index (χ4n) is 2.65. The van der Waals surface area contributed by atoms with Crippen molar-refractivity contribution in [2.24, 2.45) is 0 Å². The summed E-state index contributed by atoms with van der Waals surface area (Å²) in [6, 6.07) is 5.02. The number of sulfonamides is 1. The third-order valence-corrected chi connectivity index (χ3v) is 6.52. The van der Waals surface area contributed by atoms with Crippen molar-refractivity contribution in [1.82, 2.24) is 4.31 Å². The highest BCUT2D eigenvalue weighted by molar-refractivity contribution is 7.89. The van der Waals surface area contributed by atoms with E-state index in [1.54, 1.807) is 22.5 Å². The molecule has 0 spiro atoms. The van der Waals surface area contributed by atoms with E-state index in [4.69, 9.17) is 23.2 Å². The Morgan fingerprint density at radius 3 is 2.75 bits per heavy atom. The van der Waals surface area contributed by atoms with E-state index in [0.29, 0.717) is 6.54 Å². The van der Waals surface area contributed by atoms with Gasteiger partial charge in [0.1, 0.15) is 4.90 Å². The van der Waals surface area contributed by atoms with Crippen LogP contribution in [0.2, 0.25) is 5.02 Å². The molecule has 20 heavy (non-hydrogen) atoms. The Morgan fingerprint density at radius 2 is 2.10 bits per heavy atom. The van der Waals surface area contributed by atoms with Crippen LogP contribution in [0.25, 0.3) is 0 Å². The number of nitrogens with zero attached hydrogens (tertiary/aromatic N) is 1. The normalized spacial score (nSPS) is 21.1. The summed E-state index contributed by atoms with van der Waals surface area (Å²) in [4.78, 5) is 0.178. The van der Waals surface area contributed by atoms with Gasteiger partial charge in [0.25, 0.3) is 0 Å². The van der Waals surface area contributed by atoms with Crippen molar-refractivity contribution < 1.29 is 8.42 Å². The molecule has 0 radical (unpaired) electrons. The van der Waals surface area contributed by atoms with E-state index >= 15 is 0 Å². The number of benzene rings is 1. The summed E-state index contributed by atoms with van der Waals surface area (Å²) in [5, 5.41) is 0.263. The molecule has 112 valence electrons. The van der Waals surface area contributed by atoms with E-state index in [1.807, 2.05) is 6.92 Å². The average molecular weight is 336 g/mol. The first-order chi connectivity index (χ1) is 9.50. The van der Waals surface area contributed by atoms with Gasteiger partial charge in [0.05, 0.1) is 5.02 Å². The molecule has 1 aliphatic heterocycles. The molecule has 0 saturated carbocycles. The Hall–Kier alpha value is -0.290. The molecule has 1 aromatic carbocycles. The van der Waals surface area contributed by atoms with Crippen LogP contribution in [0.1, 0.15) is 38.2 Å². The van der Waals surface area contributed by atoms with Crippen molar-refractivity contribution in [3.8, 4) is 0 Å². The molecule has 1 unspecified atom stereocenters. The van der Waals surface area contributed by atoms with Gasteiger partial charge in [0.2, 0.25) is 10.0 Å². The van der Waals surface area contributed by atoms with Crippen molar-refractivity contribution in [2.45, 2.75) is 49.4 Å². The van der Waals surface area contributed by atoms with E-state index in [-0.39, 0.29) is 21.8 Å². The van der Waals surface area contributed by atoms with Crippen LogP contribution in [0.5, 0.6) is 0 Å². The van der Waals surface area contributed by atoms with E-state index in [0.717, 1.165) is 31.2 Å². The topological polar surface area (TPSA) is 37.4 Å². The number of halogens is 2. The maximum Gasteiger partial charge on any atom is 0.244 e. The van der Waals surface area contributed by atoms with E-state index in [9.17, 15) is 8.42 Å². The summed E-state index contributed by atoms with van der Waals surface area (Å²) in [5.41, 5.74) is 0.764. The van der Waals surface area contributed by atoms with E-state index in [1.165, 1.54) is 0 Å². The monoisotopic (exact) mass is 335 g/mol. The second-order valence-corrected chi connectivity index (χ2v) is 7.61. The van der Waals surface area contributed by atoms with Gasteiger partial charge in [-0.15, -0.1) is 11.6 Å². The highest BCUT2D eigenvalue weighted by Gasteiger charge is 2.33. The molecule has 1 atom stereocenters. The van der Waals surface area contributed by atoms with Crippen LogP contribution in [0, 0.1) is 0 Å². The SMILES string of the molecule is CCC1CCCCN1S(=O)(=O)c1cc(CCl)ccc1Cl. The van der Waals surface area contributed by atoms with Crippen LogP contribution in [0.3, 0.4) is 0 Å². The van der Waals surface area contributed by atoms with Crippen LogP contribution in [-0.2, 0) is 15.9 Å². The Balaban J connectivity index is 2.43. The lowest BCUT2D eigenvalue weighted by molar-refractivity contribution is 0.246. The number of rotatable bonds is 4. The molecule has 0 amide bonds. The molecule has 0 N–H and O–H groups in total. The molecule has 0 bridgehead atoms. The van der Waals surface area contributed by atoms with E-state index in [2.05, 4.69) is 0 Å². The molecule has 6 heteroatoms. The minimum atomic E-state index is -3.54. The molecule has 0 aromatic heterocycles. The maximum absolute atomic E-state index is 12.8. The molecule has 1 fully saturated rings. The molecular formula is C14H19Cl2NO2S. The first-order valence-electron chi connectivity index (χ1n) is 6.87. The minimum Gasteiger partial charge on any atom is -0.207 e. The van der Waals surface area contributed by atoms with Gasteiger partial charge in [-0.05, 0) is 37.0 Å². The zero-order valence-electron chi connectivity index (χ0n) is 11.5. The van der Waals surface area contributed by atoms with Crippen molar-refractivity contribution >= 4 is 33.2 Å². The summed E-state index contributed by atoms with van der Waals surface area (Å²) in [5.74, 6) is 0.275. The van der Waals surface area contributed by atoms with Gasteiger partial charge in [-0.1, -0.05) is 31.0 Å². The molecule has 0 aliphatic carbocycles. The highest BCUT2D eigenvalue weighted by Crippen LogP contribution is 2.31. The van der Waals surface area contributed by atoms with Gasteiger partial charge in [-0.3, -0.25) is 0 Å². The van der Waals surface area contributed by atoms with Crippen LogP contribution in [-0.4, -0.2) is 25.3 Å². The van der Waals surface area contributed by atoms with Gasteiger partial charge < -0.3 is 0 Å². The van der Waals surface area contributed by atoms with Crippen molar-refractivity contribution in [2.75, 3.05) is 6.54 Å². The smallest absolute Gasteiger partial charge is 0.207 e. The molecule has 1 aliphatic rings. The molecule has 1 aromatic rings. The van der Waals surface area contributed by atoms with Crippen LogP contribution in [0.4, 0.5) is 0 Å². The second-order valence-electron chi connectivity index (χ2n) is 5.07. The molecule has 1 saturated heterocycles. The summed E-state index contributed by atoms with van der Waals surface area (Å²) >= 11 is 11.9. The predicted octanol–water partition coefficient (Wildman–Crippen LogP) is 4.03. The molecule has 3 nitrogen and oxygen atoms in total. The van der Waals surface area contributed by atoms with Gasteiger partial charge in [-0.2, -0.15) is 4.31 Å². The Morgan fingerprint density at radius 1 is 1.35 bits per heavy atom. The third kappa shape index (κ3) is 3.14. The maximum atomic E-state index is 12.8. The first kappa shape index (κ1) is 16.1. The summed E-state index contributed by atoms with van der Waals surface area (Å²) in [7, 11) is -3.54. The Labute approximate surface area is 130 Å². The second kappa shape index (κ2) is 6.65. The van der Waals surface area contributed by atoms with Gasteiger partial charge in [0, 0.05) is 18.5 Å². The quantitative estimate of drug-likeness (QED) is 0.779. The molecule has 1 heterocycles.